The fraction of sp³-hybridized carbons (Fsp3) is 0.294. The maximum atomic E-state index is 14.8. The monoisotopic (exact) mass is 639 g/mol. The first kappa shape index (κ1) is 32.8. The molecule has 1 saturated heterocycles. The molecule has 2 aromatic heterocycles. The highest BCUT2D eigenvalue weighted by Crippen LogP contribution is 2.35. The standard InChI is InChI=1S/C34H34FN7O5/c1-34(2,3)47-33(45)42-15-14-41(19-23(42)20-43)28-16-21(24-18-37-12-10-22(24)17-36)8-9-26(28)40-32(44)27-11-13-38-31(39-27)30-25(35)6-5-7-29(30)46-4/h5-13,16,18,23,43H,14-15,19-20H2,1-4H3,(H,40,44). The summed E-state index contributed by atoms with van der Waals surface area (Å²) in [6.45, 7) is 5.83. The van der Waals surface area contributed by atoms with Crippen LogP contribution in [0.4, 0.5) is 20.6 Å². The van der Waals surface area contributed by atoms with E-state index >= 15 is 0 Å². The van der Waals surface area contributed by atoms with Gasteiger partial charge in [0.15, 0.2) is 5.82 Å². The van der Waals surface area contributed by atoms with Crippen LogP contribution in [0, 0.1) is 17.1 Å². The lowest BCUT2D eigenvalue weighted by molar-refractivity contribution is 0.00705. The van der Waals surface area contributed by atoms with E-state index < -0.39 is 29.5 Å². The number of aliphatic hydroxyl groups is 1. The minimum atomic E-state index is -0.708. The number of aromatic nitrogens is 3. The second-order valence-corrected chi connectivity index (χ2v) is 11.8. The van der Waals surface area contributed by atoms with Gasteiger partial charge >= 0.3 is 6.09 Å². The van der Waals surface area contributed by atoms with E-state index in [4.69, 9.17) is 9.47 Å². The van der Waals surface area contributed by atoms with Crippen molar-refractivity contribution in [2.75, 3.05) is 43.6 Å². The van der Waals surface area contributed by atoms with Crippen LogP contribution in [0.25, 0.3) is 22.5 Å². The van der Waals surface area contributed by atoms with Crippen molar-refractivity contribution in [3.63, 3.8) is 0 Å². The van der Waals surface area contributed by atoms with E-state index in [1.807, 2.05) is 11.0 Å². The molecule has 0 bridgehead atoms. The van der Waals surface area contributed by atoms with Crippen molar-refractivity contribution in [1.29, 1.82) is 5.26 Å². The molecule has 242 valence electrons. The zero-order valence-electron chi connectivity index (χ0n) is 26.4. The van der Waals surface area contributed by atoms with Gasteiger partial charge in [0.1, 0.15) is 22.9 Å². The van der Waals surface area contributed by atoms with Crippen molar-refractivity contribution < 1.29 is 28.6 Å². The minimum absolute atomic E-state index is 0.0164. The summed E-state index contributed by atoms with van der Waals surface area (Å²) in [4.78, 5) is 42.7. The molecule has 1 atom stereocenters. The lowest BCUT2D eigenvalue weighted by Gasteiger charge is -2.42. The van der Waals surface area contributed by atoms with Crippen LogP contribution >= 0.6 is 0 Å². The van der Waals surface area contributed by atoms with Gasteiger partial charge in [-0.3, -0.25) is 14.7 Å². The van der Waals surface area contributed by atoms with E-state index in [1.165, 1.54) is 42.6 Å². The van der Waals surface area contributed by atoms with Gasteiger partial charge in [0.25, 0.3) is 5.91 Å². The number of nitrogens with zero attached hydrogens (tertiary/aromatic N) is 6. The van der Waals surface area contributed by atoms with Crippen LogP contribution in [-0.4, -0.2) is 82.0 Å². The summed E-state index contributed by atoms with van der Waals surface area (Å²) in [6.07, 6.45) is 3.96. The summed E-state index contributed by atoms with van der Waals surface area (Å²) in [5, 5.41) is 22.9. The number of piperazine rings is 1. The van der Waals surface area contributed by atoms with Gasteiger partial charge in [-0.15, -0.1) is 0 Å². The number of ether oxygens (including phenoxy) is 2. The molecule has 12 nitrogen and oxygen atoms in total. The zero-order valence-corrected chi connectivity index (χ0v) is 26.4. The lowest BCUT2D eigenvalue weighted by atomic mass is 10.0. The van der Waals surface area contributed by atoms with Gasteiger partial charge in [0.2, 0.25) is 0 Å². The first-order valence-corrected chi connectivity index (χ1v) is 14.8. The number of benzene rings is 2. The third-order valence-corrected chi connectivity index (χ3v) is 7.47. The number of nitriles is 1. The molecular weight excluding hydrogens is 605 g/mol. The Labute approximate surface area is 271 Å². The number of hydrogen-bond donors (Lipinski definition) is 2. The van der Waals surface area contributed by atoms with Gasteiger partial charge in [-0.25, -0.2) is 19.2 Å². The van der Waals surface area contributed by atoms with Gasteiger partial charge in [-0.2, -0.15) is 5.26 Å². The Morgan fingerprint density at radius 1 is 1.15 bits per heavy atom. The molecule has 3 heterocycles. The van der Waals surface area contributed by atoms with Crippen molar-refractivity contribution in [3.8, 4) is 34.3 Å². The number of halogens is 1. The number of amides is 2. The van der Waals surface area contributed by atoms with E-state index in [2.05, 4.69) is 26.3 Å². The smallest absolute Gasteiger partial charge is 0.410 e. The van der Waals surface area contributed by atoms with Crippen LogP contribution in [-0.2, 0) is 4.74 Å². The molecular formula is C34H34FN7O5. The number of methoxy groups -OCH3 is 1. The first-order valence-electron chi connectivity index (χ1n) is 14.8. The molecule has 0 radical (unpaired) electrons. The predicted octanol–water partition coefficient (Wildman–Crippen LogP) is 4.90. The van der Waals surface area contributed by atoms with Crippen molar-refractivity contribution in [3.05, 3.63) is 84.2 Å². The highest BCUT2D eigenvalue weighted by Gasteiger charge is 2.34. The summed E-state index contributed by atoms with van der Waals surface area (Å²) in [6, 6.07) is 14.2. The Morgan fingerprint density at radius 3 is 2.68 bits per heavy atom. The van der Waals surface area contributed by atoms with E-state index in [0.717, 1.165) is 0 Å². The minimum Gasteiger partial charge on any atom is -0.496 e. The van der Waals surface area contributed by atoms with E-state index in [-0.39, 0.29) is 42.5 Å². The average Bonchev–Trinajstić information content (AvgIpc) is 3.07. The van der Waals surface area contributed by atoms with E-state index in [1.54, 1.807) is 51.2 Å². The van der Waals surface area contributed by atoms with Crippen LogP contribution in [0.3, 0.4) is 0 Å². The lowest BCUT2D eigenvalue weighted by Crippen LogP contribution is -2.57. The second-order valence-electron chi connectivity index (χ2n) is 11.8. The quantitative estimate of drug-likeness (QED) is 0.286. The second kappa shape index (κ2) is 13.8. The normalized spacial score (nSPS) is 14.7. The summed E-state index contributed by atoms with van der Waals surface area (Å²) in [7, 11) is 1.40. The van der Waals surface area contributed by atoms with Gasteiger partial charge in [-0.1, -0.05) is 12.1 Å². The summed E-state index contributed by atoms with van der Waals surface area (Å²) < 4.78 is 25.6. The van der Waals surface area contributed by atoms with Gasteiger partial charge in [0, 0.05) is 43.8 Å². The number of anilines is 2. The maximum absolute atomic E-state index is 14.8. The molecule has 2 amide bonds. The number of aliphatic hydroxyl groups excluding tert-OH is 1. The Morgan fingerprint density at radius 2 is 1.96 bits per heavy atom. The SMILES string of the molecule is COc1cccc(F)c1-c1nccc(C(=O)Nc2ccc(-c3cnccc3C#N)cc2N2CCN(C(=O)OC(C)(C)C)C(CO)C2)n1. The highest BCUT2D eigenvalue weighted by atomic mass is 19.1. The number of pyridine rings is 1. The predicted molar refractivity (Wildman–Crippen MR) is 172 cm³/mol. The van der Waals surface area contributed by atoms with Crippen LogP contribution in [0.5, 0.6) is 5.75 Å². The molecule has 5 rings (SSSR count). The maximum Gasteiger partial charge on any atom is 0.410 e. The number of nitrogens with one attached hydrogen (secondary N) is 1. The van der Waals surface area contributed by atoms with Gasteiger partial charge in [-0.05, 0) is 62.7 Å². The molecule has 0 saturated carbocycles. The summed E-state index contributed by atoms with van der Waals surface area (Å²) >= 11 is 0. The van der Waals surface area contributed by atoms with Crippen molar-refractivity contribution >= 4 is 23.4 Å². The van der Waals surface area contributed by atoms with Crippen molar-refractivity contribution in [2.45, 2.75) is 32.4 Å². The molecule has 1 aliphatic rings. The number of hydrogen-bond acceptors (Lipinski definition) is 10. The third kappa shape index (κ3) is 7.29. The molecule has 47 heavy (non-hydrogen) atoms. The molecule has 2 N–H and O–H groups in total. The molecule has 4 aromatic rings. The third-order valence-electron chi connectivity index (χ3n) is 7.47. The number of rotatable bonds is 7. The van der Waals surface area contributed by atoms with Gasteiger partial charge < -0.3 is 24.8 Å². The van der Waals surface area contributed by atoms with Crippen molar-refractivity contribution in [2.24, 2.45) is 0 Å². The number of carbonyl (C=O) groups is 2. The molecule has 13 heteroatoms. The van der Waals surface area contributed by atoms with Crippen LogP contribution < -0.4 is 15.0 Å². The van der Waals surface area contributed by atoms with Gasteiger partial charge in [0.05, 0.1) is 48.3 Å². The van der Waals surface area contributed by atoms with E-state index in [0.29, 0.717) is 34.6 Å². The molecule has 0 spiro atoms. The van der Waals surface area contributed by atoms with Crippen LogP contribution in [0.15, 0.2) is 67.1 Å². The van der Waals surface area contributed by atoms with Crippen LogP contribution in [0.2, 0.25) is 0 Å². The fourth-order valence-electron chi connectivity index (χ4n) is 5.26. The first-order chi connectivity index (χ1) is 22.5. The van der Waals surface area contributed by atoms with Crippen molar-refractivity contribution in [1.82, 2.24) is 19.9 Å². The molecule has 2 aromatic carbocycles. The zero-order chi connectivity index (χ0) is 33.7. The largest absolute Gasteiger partial charge is 0.496 e. The Balaban J connectivity index is 1.50. The number of carbonyl (C=O) groups excluding carboxylic acids is 2. The molecule has 0 aliphatic carbocycles. The summed E-state index contributed by atoms with van der Waals surface area (Å²) in [5.41, 5.74) is 1.98. The Bertz CT molecular complexity index is 1840. The molecule has 1 fully saturated rings. The Hall–Kier alpha value is -5.61. The average molecular weight is 640 g/mol. The molecule has 1 aliphatic heterocycles. The summed E-state index contributed by atoms with van der Waals surface area (Å²) in [5.74, 6) is -0.983. The Kier molecular flexibility index (Phi) is 9.62. The topological polar surface area (TPSA) is 154 Å². The van der Waals surface area contributed by atoms with E-state index in [9.17, 15) is 24.3 Å². The highest BCUT2D eigenvalue weighted by molar-refractivity contribution is 6.05. The molecule has 1 unspecified atom stereocenters. The van der Waals surface area contributed by atoms with Crippen LogP contribution in [0.1, 0.15) is 36.8 Å². The fourth-order valence-corrected chi connectivity index (χ4v) is 5.26.